The topological polar surface area (TPSA) is 64.7 Å². The van der Waals surface area contributed by atoms with E-state index >= 15 is 0 Å². The lowest BCUT2D eigenvalue weighted by Crippen LogP contribution is -2.15. The number of nitrogens with two attached hydrogens (primary N) is 1. The maximum absolute atomic E-state index is 13.3. The Bertz CT molecular complexity index is 1150. The van der Waals surface area contributed by atoms with Gasteiger partial charge in [0.05, 0.1) is 24.4 Å². The maximum Gasteiger partial charge on any atom is 0.417 e. The molecule has 0 aromatic heterocycles. The lowest BCUT2D eigenvalue weighted by Gasteiger charge is -2.15. The van der Waals surface area contributed by atoms with Crippen molar-refractivity contribution in [3.05, 3.63) is 93.2 Å². The smallest absolute Gasteiger partial charge is 0.417 e. The molecule has 4 nitrogen and oxygen atoms in total. The normalized spacial score (nSPS) is 18.8. The first-order chi connectivity index (χ1) is 15.2. The van der Waals surface area contributed by atoms with Gasteiger partial charge in [0, 0.05) is 24.3 Å². The average molecular weight is 440 g/mol. The van der Waals surface area contributed by atoms with E-state index in [4.69, 9.17) is 5.73 Å². The van der Waals surface area contributed by atoms with Gasteiger partial charge in [-0.15, -0.1) is 11.5 Å². The van der Waals surface area contributed by atoms with Crippen molar-refractivity contribution in [3.63, 3.8) is 0 Å². The third kappa shape index (κ3) is 5.38. The number of alkyl halides is 3. The molecule has 2 aliphatic rings. The Morgan fingerprint density at radius 3 is 2.78 bits per heavy atom. The molecule has 32 heavy (non-hydrogen) atoms. The second-order valence-electron chi connectivity index (χ2n) is 7.44. The summed E-state index contributed by atoms with van der Waals surface area (Å²) in [5, 5.41) is 0. The Morgan fingerprint density at radius 2 is 2.06 bits per heavy atom. The molecule has 1 aromatic rings. The van der Waals surface area contributed by atoms with Crippen molar-refractivity contribution in [3.8, 4) is 0 Å². The van der Waals surface area contributed by atoms with Gasteiger partial charge in [0.25, 0.3) is 0 Å². The highest BCUT2D eigenvalue weighted by molar-refractivity contribution is 6.02. The molecular formula is C25H23F3N2O2. The van der Waals surface area contributed by atoms with Crippen molar-refractivity contribution >= 4 is 11.7 Å². The van der Waals surface area contributed by atoms with Crippen LogP contribution in [0.3, 0.4) is 0 Å². The highest BCUT2D eigenvalue weighted by Crippen LogP contribution is 2.33. The number of fused-ring (bicyclic) bond motifs is 1. The average Bonchev–Trinajstić information content (AvgIpc) is 2.78. The zero-order valence-corrected chi connectivity index (χ0v) is 17.8. The fourth-order valence-corrected chi connectivity index (χ4v) is 3.59. The van der Waals surface area contributed by atoms with E-state index in [0.717, 1.165) is 48.4 Å². The number of methoxy groups -OCH3 is 1. The summed E-state index contributed by atoms with van der Waals surface area (Å²) >= 11 is 0. The van der Waals surface area contributed by atoms with Crippen molar-refractivity contribution < 1.29 is 22.7 Å². The van der Waals surface area contributed by atoms with E-state index in [1.54, 1.807) is 6.20 Å². The van der Waals surface area contributed by atoms with Crippen LogP contribution in [-0.4, -0.2) is 18.8 Å². The summed E-state index contributed by atoms with van der Waals surface area (Å²) < 4.78 is 44.6. The SMILES string of the molecule is COC(=O)c1cc(C/C2=C(\N)C=C3CCC=C=CN=C3CC=C=C2C)ccc1C(F)(F)F. The number of rotatable bonds is 3. The van der Waals surface area contributed by atoms with Crippen LogP contribution in [0.15, 0.2) is 81.5 Å². The maximum atomic E-state index is 13.3. The van der Waals surface area contributed by atoms with Gasteiger partial charge in [-0.25, -0.2) is 4.79 Å². The molecule has 0 atom stereocenters. The van der Waals surface area contributed by atoms with Gasteiger partial charge in [0.1, 0.15) is 0 Å². The molecule has 1 heterocycles. The minimum absolute atomic E-state index is 0.233. The molecule has 0 unspecified atom stereocenters. The van der Waals surface area contributed by atoms with Crippen LogP contribution in [0, 0.1) is 0 Å². The first-order valence-electron chi connectivity index (χ1n) is 10.1. The molecule has 1 aliphatic carbocycles. The second kappa shape index (κ2) is 9.73. The lowest BCUT2D eigenvalue weighted by atomic mass is 9.93. The van der Waals surface area contributed by atoms with Crippen molar-refractivity contribution in [1.29, 1.82) is 0 Å². The molecule has 0 radical (unpaired) electrons. The Morgan fingerprint density at radius 1 is 1.28 bits per heavy atom. The summed E-state index contributed by atoms with van der Waals surface area (Å²) in [5.74, 6) is -1.04. The summed E-state index contributed by atoms with van der Waals surface area (Å²) in [4.78, 5) is 16.5. The lowest BCUT2D eigenvalue weighted by molar-refractivity contribution is -0.138. The monoisotopic (exact) mass is 440 g/mol. The van der Waals surface area contributed by atoms with Crippen molar-refractivity contribution in [2.24, 2.45) is 10.7 Å². The van der Waals surface area contributed by atoms with Gasteiger partial charge in [-0.2, -0.15) is 13.2 Å². The molecule has 3 rings (SSSR count). The second-order valence-corrected chi connectivity index (χ2v) is 7.44. The predicted molar refractivity (Wildman–Crippen MR) is 117 cm³/mol. The van der Waals surface area contributed by atoms with E-state index in [-0.39, 0.29) is 6.42 Å². The van der Waals surface area contributed by atoms with Crippen LogP contribution in [0.25, 0.3) is 0 Å². The van der Waals surface area contributed by atoms with Gasteiger partial charge in [0.15, 0.2) is 0 Å². The Balaban J connectivity index is 2.07. The Kier molecular flexibility index (Phi) is 7.04. The van der Waals surface area contributed by atoms with Gasteiger partial charge in [-0.1, -0.05) is 6.07 Å². The van der Waals surface area contributed by atoms with Gasteiger partial charge in [-0.3, -0.25) is 4.99 Å². The molecule has 1 aromatic carbocycles. The number of esters is 1. The van der Waals surface area contributed by atoms with E-state index < -0.39 is 23.3 Å². The molecule has 166 valence electrons. The van der Waals surface area contributed by atoms with Crippen LogP contribution >= 0.6 is 0 Å². The number of carbonyl (C=O) groups is 1. The summed E-state index contributed by atoms with van der Waals surface area (Å²) in [6, 6.07) is 3.47. The highest BCUT2D eigenvalue weighted by atomic mass is 19.4. The summed E-state index contributed by atoms with van der Waals surface area (Å²) in [7, 11) is 1.05. The van der Waals surface area contributed by atoms with E-state index in [2.05, 4.69) is 21.2 Å². The fourth-order valence-electron chi connectivity index (χ4n) is 3.59. The third-order valence-electron chi connectivity index (χ3n) is 5.26. The number of halogens is 3. The minimum atomic E-state index is -4.67. The molecule has 0 saturated carbocycles. The zero-order chi connectivity index (χ0) is 23.3. The molecule has 0 bridgehead atoms. The number of nitrogens with zero attached hydrogens (tertiary/aromatic N) is 1. The number of ether oxygens (including phenoxy) is 1. The van der Waals surface area contributed by atoms with E-state index in [9.17, 15) is 18.0 Å². The Labute approximate surface area is 184 Å². The standard InChI is InChI=1S/C25H23F3N2O2/c1-16-7-6-9-23-18(8-4-3-5-12-30-23)15-22(29)19(16)13-17-10-11-21(25(26,27)28)20(14-17)24(31)32-2/h3,6,10-12,14-15H,4,8-9,13,29H2,1-2H3/b18-15?,22-19+,30-23?. The molecule has 7 heteroatoms. The van der Waals surface area contributed by atoms with E-state index in [0.29, 0.717) is 17.7 Å². The fraction of sp³-hybridized carbons (Fsp3) is 0.280. The highest BCUT2D eigenvalue weighted by Gasteiger charge is 2.35. The minimum Gasteiger partial charge on any atom is -0.465 e. The van der Waals surface area contributed by atoms with Crippen molar-refractivity contribution in [1.82, 2.24) is 0 Å². The molecule has 1 aliphatic heterocycles. The number of carbonyl (C=O) groups excluding carboxylic acids is 1. The van der Waals surface area contributed by atoms with Gasteiger partial charge < -0.3 is 10.5 Å². The molecular weight excluding hydrogens is 417 g/mol. The van der Waals surface area contributed by atoms with Crippen LogP contribution in [0.4, 0.5) is 13.2 Å². The predicted octanol–water partition coefficient (Wildman–Crippen LogP) is 5.58. The third-order valence-corrected chi connectivity index (χ3v) is 5.26. The van der Waals surface area contributed by atoms with Crippen LogP contribution in [0.2, 0.25) is 0 Å². The molecule has 2 N–H and O–H groups in total. The van der Waals surface area contributed by atoms with Gasteiger partial charge >= 0.3 is 12.1 Å². The van der Waals surface area contributed by atoms with E-state index in [1.165, 1.54) is 12.1 Å². The van der Waals surface area contributed by atoms with Gasteiger partial charge in [-0.05, 0) is 72.4 Å². The molecule has 0 amide bonds. The summed E-state index contributed by atoms with van der Waals surface area (Å²) in [6.07, 6.45) is 4.95. The van der Waals surface area contributed by atoms with Crippen LogP contribution in [0.5, 0.6) is 0 Å². The number of hydrogen-bond acceptors (Lipinski definition) is 4. The zero-order valence-electron chi connectivity index (χ0n) is 17.8. The first-order valence-corrected chi connectivity index (χ1v) is 10.1. The molecule has 0 spiro atoms. The number of hydrogen-bond donors (Lipinski definition) is 1. The number of allylic oxidation sites excluding steroid dienone is 5. The van der Waals surface area contributed by atoms with Crippen molar-refractivity contribution in [2.45, 2.75) is 38.8 Å². The Hall–Kier alpha value is -3.53. The summed E-state index contributed by atoms with van der Waals surface area (Å²) in [6.45, 7) is 1.85. The largest absolute Gasteiger partial charge is 0.465 e. The molecule has 0 saturated heterocycles. The van der Waals surface area contributed by atoms with Crippen LogP contribution < -0.4 is 5.73 Å². The van der Waals surface area contributed by atoms with Crippen LogP contribution in [-0.2, 0) is 17.3 Å². The summed E-state index contributed by atoms with van der Waals surface area (Å²) in [5.41, 5.74) is 15.4. The van der Waals surface area contributed by atoms with E-state index in [1.807, 2.05) is 25.2 Å². The number of aliphatic imine (C=N–C) groups is 1. The molecule has 0 fully saturated rings. The first kappa shape index (κ1) is 23.1. The van der Waals surface area contributed by atoms with Crippen molar-refractivity contribution in [2.75, 3.05) is 7.11 Å². The van der Waals surface area contributed by atoms with Crippen LogP contribution in [0.1, 0.15) is 47.7 Å². The number of benzene rings is 1. The quantitative estimate of drug-likeness (QED) is 0.493. The van der Waals surface area contributed by atoms with Gasteiger partial charge in [0.2, 0.25) is 0 Å².